The van der Waals surface area contributed by atoms with Crippen molar-refractivity contribution in [3.8, 4) is 0 Å². The first-order valence-corrected chi connectivity index (χ1v) is 14.2. The Bertz CT molecular complexity index is 1190. The van der Waals surface area contributed by atoms with Gasteiger partial charge in [-0.1, -0.05) is 29.8 Å². The van der Waals surface area contributed by atoms with Gasteiger partial charge < -0.3 is 15.3 Å². The molecule has 0 saturated carbocycles. The molecule has 2 fully saturated rings. The number of nitrogens with zero attached hydrogens (tertiary/aromatic N) is 3. The number of piperidine rings is 1. The van der Waals surface area contributed by atoms with Crippen molar-refractivity contribution in [2.75, 3.05) is 38.0 Å². The SMILES string of the molecule is C[C@H]1CN(Cc2ccc(CC(=O)N3CCC(Nc4cccc(F)c4)CC3)cc2Cl)CC[N+]1(C(=O)O)C(C)(C)C. The Morgan fingerprint density at radius 3 is 2.44 bits per heavy atom. The standard InChI is InChI=1S/C30H40ClFN4O3/c1-21-19-34(14-15-36(21,29(38)39)30(2,3)4)20-23-9-8-22(16-27(23)31)17-28(37)35-12-10-25(11-13-35)33-26-7-5-6-24(32)18-26/h5-9,16,18,21,25,33H,10-15,17,19-20H2,1-4H3/p+1/t21-,36?/m0/s1. The second kappa shape index (κ2) is 11.8. The average molecular weight is 560 g/mol. The average Bonchev–Trinajstić information content (AvgIpc) is 2.85. The molecule has 0 aromatic heterocycles. The molecule has 1 unspecified atom stereocenters. The van der Waals surface area contributed by atoms with E-state index in [4.69, 9.17) is 11.6 Å². The number of anilines is 1. The summed E-state index contributed by atoms with van der Waals surface area (Å²) in [7, 11) is 0. The maximum atomic E-state index is 13.5. The molecular weight excluding hydrogens is 519 g/mol. The highest BCUT2D eigenvalue weighted by Gasteiger charge is 2.54. The molecule has 0 bridgehead atoms. The van der Waals surface area contributed by atoms with Gasteiger partial charge in [-0.15, -0.1) is 0 Å². The van der Waals surface area contributed by atoms with Crippen molar-refractivity contribution >= 4 is 29.3 Å². The van der Waals surface area contributed by atoms with Crippen LogP contribution in [-0.4, -0.2) is 81.7 Å². The lowest BCUT2D eigenvalue weighted by atomic mass is 9.95. The number of nitrogens with one attached hydrogen (secondary N) is 1. The van der Waals surface area contributed by atoms with E-state index in [1.165, 1.54) is 12.1 Å². The fourth-order valence-corrected chi connectivity index (χ4v) is 6.54. The molecule has 212 valence electrons. The summed E-state index contributed by atoms with van der Waals surface area (Å²) in [5, 5.41) is 14.1. The number of carbonyl (C=O) groups excluding carboxylic acids is 1. The Labute approximate surface area is 236 Å². The van der Waals surface area contributed by atoms with Crippen LogP contribution in [-0.2, 0) is 17.8 Å². The predicted octanol–water partition coefficient (Wildman–Crippen LogP) is 5.62. The number of quaternary nitrogens is 1. The van der Waals surface area contributed by atoms with E-state index in [-0.39, 0.29) is 28.3 Å². The summed E-state index contributed by atoms with van der Waals surface area (Å²) < 4.78 is 13.5. The van der Waals surface area contributed by atoms with Gasteiger partial charge in [0.1, 0.15) is 23.9 Å². The van der Waals surface area contributed by atoms with E-state index < -0.39 is 11.6 Å². The molecule has 2 saturated heterocycles. The Kier molecular flexibility index (Phi) is 8.88. The van der Waals surface area contributed by atoms with Gasteiger partial charge in [0.2, 0.25) is 5.91 Å². The molecule has 2 aliphatic heterocycles. The molecule has 2 heterocycles. The lowest BCUT2D eigenvalue weighted by Crippen LogP contribution is -2.73. The summed E-state index contributed by atoms with van der Waals surface area (Å²) in [6, 6.07) is 12.5. The van der Waals surface area contributed by atoms with Crippen molar-refractivity contribution in [1.29, 1.82) is 0 Å². The largest absolute Gasteiger partial charge is 0.514 e. The molecule has 9 heteroatoms. The molecule has 2 aliphatic rings. The van der Waals surface area contributed by atoms with Crippen molar-refractivity contribution in [3.63, 3.8) is 0 Å². The van der Waals surface area contributed by atoms with Gasteiger partial charge in [-0.25, -0.2) is 8.87 Å². The number of carbonyl (C=O) groups is 2. The summed E-state index contributed by atoms with van der Waals surface area (Å²) in [6.45, 7) is 11.9. The van der Waals surface area contributed by atoms with Gasteiger partial charge in [0.25, 0.3) is 0 Å². The van der Waals surface area contributed by atoms with E-state index in [2.05, 4.69) is 10.2 Å². The summed E-state index contributed by atoms with van der Waals surface area (Å²) in [5.74, 6) is -0.180. The first-order chi connectivity index (χ1) is 18.4. The van der Waals surface area contributed by atoms with Crippen molar-refractivity contribution in [2.45, 2.75) is 71.1 Å². The summed E-state index contributed by atoms with van der Waals surface area (Å²) in [4.78, 5) is 29.4. The molecule has 0 aliphatic carbocycles. The Morgan fingerprint density at radius 1 is 1.13 bits per heavy atom. The number of benzene rings is 2. The first-order valence-electron chi connectivity index (χ1n) is 13.8. The number of likely N-dealkylation sites (tertiary alicyclic amines) is 1. The first kappa shape index (κ1) is 29.3. The quantitative estimate of drug-likeness (QED) is 0.449. The molecule has 2 amide bonds. The molecule has 0 spiro atoms. The molecular formula is C30H41ClFN4O3+. The van der Waals surface area contributed by atoms with Crippen LogP contribution in [0.2, 0.25) is 5.02 Å². The third-order valence-corrected chi connectivity index (χ3v) is 8.84. The van der Waals surface area contributed by atoms with Gasteiger partial charge in [0.05, 0.1) is 13.0 Å². The zero-order valence-corrected chi connectivity index (χ0v) is 24.2. The lowest BCUT2D eigenvalue weighted by Gasteiger charge is -2.52. The maximum absolute atomic E-state index is 13.5. The minimum absolute atomic E-state index is 0.0520. The smallest absolute Gasteiger partial charge is 0.435 e. The van der Waals surface area contributed by atoms with Crippen LogP contribution in [0.3, 0.4) is 0 Å². The van der Waals surface area contributed by atoms with E-state index in [1.807, 2.05) is 56.9 Å². The van der Waals surface area contributed by atoms with Crippen LogP contribution in [0.15, 0.2) is 42.5 Å². The van der Waals surface area contributed by atoms with Gasteiger partial charge in [0.15, 0.2) is 0 Å². The molecule has 2 atom stereocenters. The highest BCUT2D eigenvalue weighted by atomic mass is 35.5. The van der Waals surface area contributed by atoms with Crippen molar-refractivity contribution in [1.82, 2.24) is 9.80 Å². The van der Waals surface area contributed by atoms with Gasteiger partial charge in [-0.2, -0.15) is 4.79 Å². The fourth-order valence-electron chi connectivity index (χ4n) is 6.28. The van der Waals surface area contributed by atoms with E-state index in [1.54, 1.807) is 6.07 Å². The molecule has 0 radical (unpaired) electrons. The lowest BCUT2D eigenvalue weighted by molar-refractivity contribution is -0.929. The number of carboxylic acid groups (broad SMARTS) is 1. The summed E-state index contributed by atoms with van der Waals surface area (Å²) >= 11 is 6.66. The van der Waals surface area contributed by atoms with Gasteiger partial charge in [-0.3, -0.25) is 9.69 Å². The van der Waals surface area contributed by atoms with Crippen LogP contribution in [0.1, 0.15) is 51.7 Å². The minimum atomic E-state index is -0.770. The van der Waals surface area contributed by atoms with E-state index >= 15 is 0 Å². The highest BCUT2D eigenvalue weighted by molar-refractivity contribution is 6.31. The summed E-state index contributed by atoms with van der Waals surface area (Å²) in [6.07, 6.45) is 1.15. The van der Waals surface area contributed by atoms with Crippen LogP contribution >= 0.6 is 11.6 Å². The van der Waals surface area contributed by atoms with Crippen molar-refractivity contribution < 1.29 is 23.6 Å². The molecule has 7 nitrogen and oxygen atoms in total. The van der Waals surface area contributed by atoms with E-state index in [0.29, 0.717) is 50.7 Å². The van der Waals surface area contributed by atoms with Crippen LogP contribution in [0.5, 0.6) is 0 Å². The van der Waals surface area contributed by atoms with Crippen LogP contribution in [0.4, 0.5) is 14.9 Å². The number of hydrogen-bond acceptors (Lipinski definition) is 4. The second-order valence-electron chi connectivity index (χ2n) is 12.0. The van der Waals surface area contributed by atoms with Crippen molar-refractivity contribution in [2.24, 2.45) is 0 Å². The van der Waals surface area contributed by atoms with E-state index in [9.17, 15) is 19.1 Å². The Balaban J connectivity index is 1.29. The number of hydrogen-bond donors (Lipinski definition) is 2. The highest BCUT2D eigenvalue weighted by Crippen LogP contribution is 2.33. The molecule has 4 rings (SSSR count). The maximum Gasteiger partial charge on any atom is 0.514 e. The number of amides is 2. The van der Waals surface area contributed by atoms with Gasteiger partial charge in [-0.05, 0) is 75.9 Å². The Morgan fingerprint density at radius 2 is 1.85 bits per heavy atom. The predicted molar refractivity (Wildman–Crippen MR) is 152 cm³/mol. The van der Waals surface area contributed by atoms with Crippen LogP contribution in [0.25, 0.3) is 0 Å². The molecule has 2 N–H and O–H groups in total. The van der Waals surface area contributed by atoms with Crippen molar-refractivity contribution in [3.05, 3.63) is 64.4 Å². The Hall–Kier alpha value is -2.68. The molecule has 2 aromatic rings. The third kappa shape index (κ3) is 6.56. The third-order valence-electron chi connectivity index (χ3n) is 8.49. The number of halogens is 2. The number of piperazine rings is 1. The van der Waals surface area contributed by atoms with Gasteiger partial charge in [0, 0.05) is 42.9 Å². The van der Waals surface area contributed by atoms with Crippen LogP contribution < -0.4 is 5.32 Å². The van der Waals surface area contributed by atoms with Gasteiger partial charge >= 0.3 is 6.09 Å². The molecule has 39 heavy (non-hydrogen) atoms. The van der Waals surface area contributed by atoms with Crippen LogP contribution in [0, 0.1) is 5.82 Å². The van der Waals surface area contributed by atoms with E-state index in [0.717, 1.165) is 29.7 Å². The zero-order valence-electron chi connectivity index (χ0n) is 23.4. The fraction of sp³-hybridized carbons (Fsp3) is 0.533. The second-order valence-corrected chi connectivity index (χ2v) is 12.4. The number of rotatable bonds is 6. The monoisotopic (exact) mass is 559 g/mol. The normalized spacial score (nSPS) is 23.0. The topological polar surface area (TPSA) is 72.9 Å². The minimum Gasteiger partial charge on any atom is -0.435 e. The zero-order chi connectivity index (χ0) is 28.4. The summed E-state index contributed by atoms with van der Waals surface area (Å²) in [5.41, 5.74) is 2.24. The molecule has 2 aromatic carbocycles.